The number of nitrogens with zero attached hydrogens (tertiary/aromatic N) is 1. The molecule has 4 nitrogen and oxygen atoms in total. The monoisotopic (exact) mass is 273 g/mol. The lowest BCUT2D eigenvalue weighted by molar-refractivity contribution is -0.117. The predicted molar refractivity (Wildman–Crippen MR) is 75.3 cm³/mol. The number of hydrogen-bond acceptors (Lipinski definition) is 3. The van der Waals surface area contributed by atoms with E-state index in [1.807, 2.05) is 11.0 Å². The first-order valence-corrected chi connectivity index (χ1v) is 7.35. The maximum Gasteiger partial charge on any atom is 0.231 e. The van der Waals surface area contributed by atoms with Crippen molar-refractivity contribution in [3.63, 3.8) is 0 Å². The third-order valence-electron chi connectivity index (χ3n) is 5.18. The summed E-state index contributed by atoms with van der Waals surface area (Å²) in [7, 11) is 0. The Balaban J connectivity index is 1.93. The number of hydrogen-bond donors (Lipinski definition) is 0. The van der Waals surface area contributed by atoms with Crippen LogP contribution < -0.4 is 14.4 Å². The predicted octanol–water partition coefficient (Wildman–Crippen LogP) is 2.98. The number of carbonyl (C=O) groups excluding carboxylic acids is 1. The summed E-state index contributed by atoms with van der Waals surface area (Å²) in [5, 5.41) is 0. The lowest BCUT2D eigenvalue weighted by Crippen LogP contribution is -2.47. The summed E-state index contributed by atoms with van der Waals surface area (Å²) in [6.45, 7) is 4.23. The van der Waals surface area contributed by atoms with Crippen molar-refractivity contribution in [3.8, 4) is 11.5 Å². The molecule has 0 N–H and O–H groups in total. The van der Waals surface area contributed by atoms with E-state index in [1.54, 1.807) is 6.92 Å². The Morgan fingerprint density at radius 2 is 2.05 bits per heavy atom. The van der Waals surface area contributed by atoms with Crippen molar-refractivity contribution < 1.29 is 14.3 Å². The maximum absolute atomic E-state index is 12.2. The van der Waals surface area contributed by atoms with Crippen molar-refractivity contribution in [2.24, 2.45) is 0 Å². The van der Waals surface area contributed by atoms with Crippen LogP contribution in [0.15, 0.2) is 12.1 Å². The Hall–Kier alpha value is -1.71. The van der Waals surface area contributed by atoms with Crippen LogP contribution in [0.25, 0.3) is 0 Å². The molecule has 0 radical (unpaired) electrons. The molecule has 3 aliphatic rings. The van der Waals surface area contributed by atoms with E-state index in [1.165, 1.54) is 18.4 Å². The zero-order valence-electron chi connectivity index (χ0n) is 11.9. The van der Waals surface area contributed by atoms with Crippen molar-refractivity contribution in [1.29, 1.82) is 0 Å². The van der Waals surface area contributed by atoms with Crippen LogP contribution in [0.4, 0.5) is 5.69 Å². The van der Waals surface area contributed by atoms with Crippen LogP contribution >= 0.6 is 0 Å². The molecule has 0 saturated heterocycles. The molecule has 4 rings (SSSR count). The van der Waals surface area contributed by atoms with E-state index in [-0.39, 0.29) is 24.2 Å². The van der Waals surface area contributed by atoms with Crippen LogP contribution in [0.5, 0.6) is 11.5 Å². The smallest absolute Gasteiger partial charge is 0.231 e. The molecule has 0 spiro atoms. The van der Waals surface area contributed by atoms with Gasteiger partial charge in [0.25, 0.3) is 0 Å². The van der Waals surface area contributed by atoms with Gasteiger partial charge in [0.15, 0.2) is 11.5 Å². The van der Waals surface area contributed by atoms with Gasteiger partial charge in [0.2, 0.25) is 12.7 Å². The molecule has 106 valence electrons. The molecule has 20 heavy (non-hydrogen) atoms. The summed E-state index contributed by atoms with van der Waals surface area (Å²) in [4.78, 5) is 14.1. The molecule has 2 unspecified atom stereocenters. The third kappa shape index (κ3) is 1.39. The molecule has 0 aromatic heterocycles. The first-order chi connectivity index (χ1) is 9.61. The molecule has 1 fully saturated rings. The summed E-state index contributed by atoms with van der Waals surface area (Å²) in [5.41, 5.74) is 2.33. The van der Waals surface area contributed by atoms with Crippen LogP contribution in [-0.4, -0.2) is 18.7 Å². The van der Waals surface area contributed by atoms with Gasteiger partial charge in [0, 0.05) is 24.4 Å². The molecule has 0 bridgehead atoms. The number of amides is 1. The molecule has 1 saturated carbocycles. The van der Waals surface area contributed by atoms with Gasteiger partial charge < -0.3 is 14.4 Å². The zero-order chi connectivity index (χ0) is 13.9. The quantitative estimate of drug-likeness (QED) is 0.729. The summed E-state index contributed by atoms with van der Waals surface area (Å²) in [6, 6.07) is 4.37. The molecule has 1 aliphatic carbocycles. The van der Waals surface area contributed by atoms with Crippen molar-refractivity contribution >= 4 is 11.6 Å². The number of ether oxygens (including phenoxy) is 2. The molecule has 2 atom stereocenters. The van der Waals surface area contributed by atoms with Gasteiger partial charge in [-0.2, -0.15) is 0 Å². The number of rotatable bonds is 0. The van der Waals surface area contributed by atoms with Gasteiger partial charge in [-0.15, -0.1) is 0 Å². The molecular formula is C16H19NO3. The van der Waals surface area contributed by atoms with Gasteiger partial charge in [0.1, 0.15) is 0 Å². The molecule has 2 aliphatic heterocycles. The minimum Gasteiger partial charge on any atom is -0.454 e. The van der Waals surface area contributed by atoms with E-state index in [9.17, 15) is 4.79 Å². The van der Waals surface area contributed by atoms with Crippen molar-refractivity contribution in [2.45, 2.75) is 51.0 Å². The van der Waals surface area contributed by atoms with Crippen LogP contribution in [0.2, 0.25) is 0 Å². The van der Waals surface area contributed by atoms with E-state index < -0.39 is 0 Å². The minimum absolute atomic E-state index is 0.0558. The fourth-order valence-corrected chi connectivity index (χ4v) is 4.19. The second-order valence-electron chi connectivity index (χ2n) is 6.29. The van der Waals surface area contributed by atoms with Crippen molar-refractivity contribution in [3.05, 3.63) is 17.7 Å². The largest absolute Gasteiger partial charge is 0.454 e. The lowest BCUT2D eigenvalue weighted by atomic mass is 9.69. The second-order valence-corrected chi connectivity index (χ2v) is 6.29. The Bertz CT molecular complexity index is 598. The molecule has 1 aromatic rings. The summed E-state index contributed by atoms with van der Waals surface area (Å²) >= 11 is 0. The first kappa shape index (κ1) is 12.1. The Morgan fingerprint density at radius 3 is 2.80 bits per heavy atom. The fourth-order valence-electron chi connectivity index (χ4n) is 4.19. The van der Waals surface area contributed by atoms with Crippen LogP contribution in [0, 0.1) is 0 Å². The summed E-state index contributed by atoms with van der Waals surface area (Å²) in [6.07, 6.45) is 4.64. The Labute approximate surface area is 118 Å². The second kappa shape index (κ2) is 3.90. The average Bonchev–Trinajstić information content (AvgIpc) is 2.96. The van der Waals surface area contributed by atoms with E-state index in [0.29, 0.717) is 0 Å². The van der Waals surface area contributed by atoms with Gasteiger partial charge in [0.05, 0.1) is 5.69 Å². The van der Waals surface area contributed by atoms with Gasteiger partial charge in [-0.1, -0.05) is 19.8 Å². The third-order valence-corrected chi connectivity index (χ3v) is 5.18. The van der Waals surface area contributed by atoms with Gasteiger partial charge >= 0.3 is 0 Å². The van der Waals surface area contributed by atoms with E-state index in [4.69, 9.17) is 9.47 Å². The number of carbonyl (C=O) groups is 1. The maximum atomic E-state index is 12.2. The highest BCUT2D eigenvalue weighted by Gasteiger charge is 2.50. The topological polar surface area (TPSA) is 38.8 Å². The molecule has 2 heterocycles. The van der Waals surface area contributed by atoms with E-state index >= 15 is 0 Å². The summed E-state index contributed by atoms with van der Waals surface area (Å²) in [5.74, 6) is 1.71. The van der Waals surface area contributed by atoms with Crippen LogP contribution in [0.1, 0.15) is 45.1 Å². The summed E-state index contributed by atoms with van der Waals surface area (Å²) < 4.78 is 11.0. The van der Waals surface area contributed by atoms with Gasteiger partial charge in [-0.05, 0) is 24.5 Å². The van der Waals surface area contributed by atoms with Gasteiger partial charge in [-0.3, -0.25) is 4.79 Å². The van der Waals surface area contributed by atoms with Crippen molar-refractivity contribution in [1.82, 2.24) is 0 Å². The number of fused-ring (bicyclic) bond motifs is 4. The van der Waals surface area contributed by atoms with Gasteiger partial charge in [-0.25, -0.2) is 0 Å². The average molecular weight is 273 g/mol. The highest BCUT2D eigenvalue weighted by molar-refractivity contribution is 5.96. The Kier molecular flexibility index (Phi) is 2.35. The highest BCUT2D eigenvalue weighted by Crippen LogP contribution is 2.55. The SMILES string of the molecule is CC(=O)N1c2cc3c(cc2C2(C)CCCCC12)OCO3. The molecule has 1 aromatic carbocycles. The lowest BCUT2D eigenvalue weighted by Gasteiger charge is -2.39. The minimum atomic E-state index is 0.0558. The van der Waals surface area contributed by atoms with Crippen LogP contribution in [0.3, 0.4) is 0 Å². The zero-order valence-corrected chi connectivity index (χ0v) is 11.9. The molecule has 4 heteroatoms. The molecule has 1 amide bonds. The fraction of sp³-hybridized carbons (Fsp3) is 0.562. The first-order valence-electron chi connectivity index (χ1n) is 7.35. The highest BCUT2D eigenvalue weighted by atomic mass is 16.7. The number of anilines is 1. The van der Waals surface area contributed by atoms with Crippen LogP contribution in [-0.2, 0) is 10.2 Å². The molecular weight excluding hydrogens is 254 g/mol. The van der Waals surface area contributed by atoms with E-state index in [0.717, 1.165) is 30.0 Å². The van der Waals surface area contributed by atoms with E-state index in [2.05, 4.69) is 13.0 Å². The number of benzene rings is 1. The normalized spacial score (nSPS) is 30.1. The standard InChI is InChI=1S/C16H19NO3/c1-10(18)17-12-8-14-13(19-9-20-14)7-11(12)16(2)6-4-3-5-15(16)17/h7-8,15H,3-6,9H2,1-2H3. The van der Waals surface area contributed by atoms with Crippen molar-refractivity contribution in [2.75, 3.05) is 11.7 Å². The Morgan fingerprint density at radius 1 is 1.30 bits per heavy atom.